The molecule has 2 aliphatic rings. The van der Waals surface area contributed by atoms with Crippen LogP contribution in [0.3, 0.4) is 0 Å². The summed E-state index contributed by atoms with van der Waals surface area (Å²) in [4.78, 5) is 33.6. The second-order valence-electron chi connectivity index (χ2n) is 11.4. The third kappa shape index (κ3) is 7.38. The highest BCUT2D eigenvalue weighted by atomic mass is 32.1. The van der Waals surface area contributed by atoms with Crippen molar-refractivity contribution in [1.29, 1.82) is 0 Å². The summed E-state index contributed by atoms with van der Waals surface area (Å²) in [5.41, 5.74) is 5.45. The largest absolute Gasteiger partial charge is 0.493 e. The van der Waals surface area contributed by atoms with Crippen molar-refractivity contribution in [2.24, 2.45) is 0 Å². The number of benzene rings is 2. The molecule has 8 nitrogen and oxygen atoms in total. The fourth-order valence-corrected chi connectivity index (χ4v) is 6.78. The molecule has 0 radical (unpaired) electrons. The van der Waals surface area contributed by atoms with E-state index in [0.717, 1.165) is 67.8 Å². The molecule has 2 aliphatic heterocycles. The van der Waals surface area contributed by atoms with Crippen LogP contribution in [0.15, 0.2) is 41.8 Å². The molecule has 0 saturated carbocycles. The molecule has 42 heavy (non-hydrogen) atoms. The number of aliphatic hydroxyl groups excluding tert-OH is 1. The predicted octanol–water partition coefficient (Wildman–Crippen LogP) is 4.77. The minimum absolute atomic E-state index is 0.0426. The van der Waals surface area contributed by atoms with Crippen LogP contribution in [0.2, 0.25) is 0 Å². The van der Waals surface area contributed by atoms with E-state index in [2.05, 4.69) is 46.8 Å². The molecule has 224 valence electrons. The van der Waals surface area contributed by atoms with Crippen LogP contribution in [-0.2, 0) is 12.8 Å². The normalized spacial score (nSPS) is 17.0. The number of unbranched alkanes of at least 4 members (excludes halogenated alkanes) is 1. The zero-order valence-electron chi connectivity index (χ0n) is 24.7. The van der Waals surface area contributed by atoms with Gasteiger partial charge in [0.25, 0.3) is 11.8 Å². The van der Waals surface area contributed by atoms with Crippen molar-refractivity contribution in [2.45, 2.75) is 70.9 Å². The number of carbonyl (C=O) groups excluding carboxylic acids is 2. The van der Waals surface area contributed by atoms with Crippen LogP contribution >= 0.6 is 11.3 Å². The lowest BCUT2D eigenvalue weighted by Crippen LogP contribution is -2.38. The quantitative estimate of drug-likeness (QED) is 0.263. The average Bonchev–Trinajstić information content (AvgIpc) is 3.66. The van der Waals surface area contributed by atoms with Gasteiger partial charge in [0.2, 0.25) is 0 Å². The second-order valence-corrected chi connectivity index (χ2v) is 12.3. The molecule has 1 fully saturated rings. The van der Waals surface area contributed by atoms with Gasteiger partial charge < -0.3 is 25.4 Å². The second kappa shape index (κ2) is 14.3. The van der Waals surface area contributed by atoms with Crippen LogP contribution in [0.25, 0.3) is 0 Å². The summed E-state index contributed by atoms with van der Waals surface area (Å²) in [6.45, 7) is 6.66. The molecular formula is C33H42N4O4S. The van der Waals surface area contributed by atoms with Gasteiger partial charge in [-0.15, -0.1) is 11.3 Å². The van der Waals surface area contributed by atoms with Crippen molar-refractivity contribution in [2.75, 3.05) is 32.8 Å². The molecule has 3 N–H and O–H groups in total. The van der Waals surface area contributed by atoms with Gasteiger partial charge in [0.15, 0.2) is 0 Å². The van der Waals surface area contributed by atoms with Crippen molar-refractivity contribution in [3.05, 3.63) is 80.3 Å². The summed E-state index contributed by atoms with van der Waals surface area (Å²) in [6.07, 6.45) is 5.80. The minimum atomic E-state index is -0.715. The van der Waals surface area contributed by atoms with Gasteiger partial charge >= 0.3 is 0 Å². The van der Waals surface area contributed by atoms with Gasteiger partial charge in [0.1, 0.15) is 10.8 Å². The Kier molecular flexibility index (Phi) is 10.3. The van der Waals surface area contributed by atoms with Crippen LogP contribution in [0.5, 0.6) is 5.75 Å². The molecule has 2 atom stereocenters. The number of likely N-dealkylation sites (tertiary alicyclic amines) is 1. The Morgan fingerprint density at radius 2 is 2.02 bits per heavy atom. The van der Waals surface area contributed by atoms with Crippen molar-refractivity contribution in [1.82, 2.24) is 20.5 Å². The number of hydrogen-bond donors (Lipinski definition) is 3. The molecule has 5 rings (SSSR count). The maximum Gasteiger partial charge on any atom is 0.254 e. The van der Waals surface area contributed by atoms with Crippen molar-refractivity contribution >= 4 is 23.2 Å². The first-order valence-corrected chi connectivity index (χ1v) is 16.0. The Labute approximate surface area is 252 Å². The summed E-state index contributed by atoms with van der Waals surface area (Å²) in [5, 5.41) is 19.6. The molecule has 0 bridgehead atoms. The predicted molar refractivity (Wildman–Crippen MR) is 165 cm³/mol. The number of rotatable bonds is 12. The van der Waals surface area contributed by atoms with E-state index in [0.29, 0.717) is 36.6 Å². The van der Waals surface area contributed by atoms with E-state index in [4.69, 9.17) is 4.74 Å². The zero-order valence-corrected chi connectivity index (χ0v) is 25.5. The zero-order chi connectivity index (χ0) is 29.5. The molecule has 3 aromatic rings. The lowest BCUT2D eigenvalue weighted by atomic mass is 9.95. The number of aliphatic hydroxyl groups is 1. The molecule has 0 aliphatic carbocycles. The van der Waals surface area contributed by atoms with Crippen LogP contribution in [-0.4, -0.2) is 65.7 Å². The number of amides is 2. The Bertz CT molecular complexity index is 1390. The van der Waals surface area contributed by atoms with E-state index >= 15 is 0 Å². The lowest BCUT2D eigenvalue weighted by molar-refractivity contribution is 0.0732. The van der Waals surface area contributed by atoms with E-state index in [1.54, 1.807) is 23.5 Å². The van der Waals surface area contributed by atoms with Crippen molar-refractivity contribution in [3.63, 3.8) is 0 Å². The Hall–Kier alpha value is -3.27. The molecule has 2 amide bonds. The minimum Gasteiger partial charge on any atom is -0.493 e. The smallest absolute Gasteiger partial charge is 0.254 e. The molecule has 2 unspecified atom stereocenters. The SMILES string of the molecule is Cc1csc(C2CCCN2C(=O)c2cc(C(=O)NCC(O)CNCCCCc3ccccc3C)cc3c2CCCO3)n1. The van der Waals surface area contributed by atoms with E-state index < -0.39 is 6.10 Å². The maximum absolute atomic E-state index is 13.9. The van der Waals surface area contributed by atoms with Crippen molar-refractivity contribution < 1.29 is 19.4 Å². The molecular weight excluding hydrogens is 548 g/mol. The third-order valence-corrected chi connectivity index (χ3v) is 9.22. The Balaban J connectivity index is 1.15. The molecule has 1 saturated heterocycles. The number of ether oxygens (including phenoxy) is 1. The van der Waals surface area contributed by atoms with Crippen LogP contribution in [0.4, 0.5) is 0 Å². The van der Waals surface area contributed by atoms with Crippen LogP contribution in [0, 0.1) is 13.8 Å². The number of thiazole rings is 1. The van der Waals surface area contributed by atoms with Gasteiger partial charge in [-0.2, -0.15) is 0 Å². The number of fused-ring (bicyclic) bond motifs is 1. The number of nitrogens with zero attached hydrogens (tertiary/aromatic N) is 2. The van der Waals surface area contributed by atoms with Gasteiger partial charge in [-0.05, 0) is 88.6 Å². The molecule has 0 spiro atoms. The number of hydrogen-bond acceptors (Lipinski definition) is 7. The van der Waals surface area contributed by atoms with Crippen LogP contribution in [0.1, 0.15) is 86.3 Å². The summed E-state index contributed by atoms with van der Waals surface area (Å²) in [7, 11) is 0. The molecule has 9 heteroatoms. The summed E-state index contributed by atoms with van der Waals surface area (Å²) < 4.78 is 5.91. The van der Waals surface area contributed by atoms with E-state index in [-0.39, 0.29) is 24.4 Å². The number of nitrogens with one attached hydrogen (secondary N) is 2. The first-order valence-electron chi connectivity index (χ1n) is 15.1. The summed E-state index contributed by atoms with van der Waals surface area (Å²) in [6, 6.07) is 11.8. The van der Waals surface area contributed by atoms with Gasteiger partial charge in [0.05, 0.1) is 18.8 Å². The first kappa shape index (κ1) is 30.2. The van der Waals surface area contributed by atoms with E-state index in [9.17, 15) is 14.7 Å². The number of carbonyl (C=O) groups is 2. The van der Waals surface area contributed by atoms with E-state index in [1.165, 1.54) is 11.1 Å². The fourth-order valence-electron chi connectivity index (χ4n) is 5.84. The fraction of sp³-hybridized carbons (Fsp3) is 0.485. The highest BCUT2D eigenvalue weighted by molar-refractivity contribution is 7.09. The van der Waals surface area contributed by atoms with E-state index in [1.807, 2.05) is 17.2 Å². The Morgan fingerprint density at radius 3 is 2.83 bits per heavy atom. The number of aromatic nitrogens is 1. The van der Waals surface area contributed by atoms with Gasteiger partial charge in [-0.1, -0.05) is 24.3 Å². The molecule has 2 aromatic carbocycles. The van der Waals surface area contributed by atoms with Crippen molar-refractivity contribution in [3.8, 4) is 5.75 Å². The topological polar surface area (TPSA) is 104 Å². The lowest BCUT2D eigenvalue weighted by Gasteiger charge is -2.27. The summed E-state index contributed by atoms with van der Waals surface area (Å²) >= 11 is 1.60. The van der Waals surface area contributed by atoms with Gasteiger partial charge in [0, 0.05) is 47.4 Å². The highest BCUT2D eigenvalue weighted by Crippen LogP contribution is 2.37. The maximum atomic E-state index is 13.9. The first-order chi connectivity index (χ1) is 20.4. The monoisotopic (exact) mass is 590 g/mol. The Morgan fingerprint density at radius 1 is 1.17 bits per heavy atom. The summed E-state index contributed by atoms with van der Waals surface area (Å²) in [5.74, 6) is 0.200. The molecule has 3 heterocycles. The standard InChI is InChI=1S/C33H42N4O4S/c1-22-9-3-4-10-24(22)11-5-6-14-34-19-26(38)20-35-31(39)25-17-28(27-12-8-16-41-30(27)18-25)33(40)37-15-7-13-29(37)32-36-23(2)21-42-32/h3-4,9-10,17-18,21,26,29,34,38H,5-8,11-16,19-20H2,1-2H3,(H,35,39). The van der Waals surface area contributed by atoms with Gasteiger partial charge in [-0.25, -0.2) is 4.98 Å². The van der Waals surface area contributed by atoms with Crippen LogP contribution < -0.4 is 15.4 Å². The number of aryl methyl sites for hydroxylation is 3. The highest BCUT2D eigenvalue weighted by Gasteiger charge is 2.34. The average molecular weight is 591 g/mol. The van der Waals surface area contributed by atoms with Gasteiger partial charge in [-0.3, -0.25) is 9.59 Å². The molecule has 1 aromatic heterocycles. The third-order valence-electron chi connectivity index (χ3n) is 8.15.